The van der Waals surface area contributed by atoms with Crippen molar-refractivity contribution >= 4 is 34.3 Å². The molecule has 2 heterocycles. The molecule has 4 nitrogen and oxygen atoms in total. The Morgan fingerprint density at radius 1 is 1.23 bits per heavy atom. The first-order valence-corrected chi connectivity index (χ1v) is 8.48. The van der Waals surface area contributed by atoms with Gasteiger partial charge in [-0.3, -0.25) is 4.79 Å². The van der Waals surface area contributed by atoms with Crippen molar-refractivity contribution in [2.24, 2.45) is 0 Å². The smallest absolute Gasteiger partial charge is 0.275 e. The van der Waals surface area contributed by atoms with E-state index in [1.54, 1.807) is 47.9 Å². The van der Waals surface area contributed by atoms with E-state index in [0.717, 1.165) is 15.4 Å². The number of aromatic nitrogens is 1. The molecule has 6 heteroatoms. The van der Waals surface area contributed by atoms with Crippen LogP contribution in [0.4, 0.5) is 5.69 Å². The normalized spacial score (nSPS) is 12.1. The summed E-state index contributed by atoms with van der Waals surface area (Å²) in [4.78, 5) is 17.6. The van der Waals surface area contributed by atoms with Gasteiger partial charge >= 0.3 is 0 Å². The zero-order chi connectivity index (χ0) is 15.5. The molecular formula is C16H14N2O2S2. The highest BCUT2D eigenvalue weighted by Crippen LogP contribution is 2.28. The average molecular weight is 330 g/mol. The van der Waals surface area contributed by atoms with Crippen molar-refractivity contribution in [2.75, 3.05) is 5.32 Å². The first kappa shape index (κ1) is 14.9. The molecule has 0 unspecified atom stereocenters. The molecule has 0 bridgehead atoms. The van der Waals surface area contributed by atoms with Crippen molar-refractivity contribution < 1.29 is 9.90 Å². The van der Waals surface area contributed by atoms with Crippen LogP contribution in [0.5, 0.6) is 0 Å². The number of hydrogen-bond donors (Lipinski definition) is 2. The van der Waals surface area contributed by atoms with E-state index < -0.39 is 6.10 Å². The van der Waals surface area contributed by atoms with E-state index in [9.17, 15) is 9.90 Å². The number of thiophene rings is 1. The van der Waals surface area contributed by atoms with E-state index in [2.05, 4.69) is 10.3 Å². The Hall–Kier alpha value is -2.02. The summed E-state index contributed by atoms with van der Waals surface area (Å²) < 4.78 is 0. The first-order valence-electron chi connectivity index (χ1n) is 6.72. The molecule has 0 fully saturated rings. The fraction of sp³-hybridized carbons (Fsp3) is 0.125. The molecule has 1 amide bonds. The minimum atomic E-state index is -0.517. The molecule has 0 radical (unpaired) electrons. The van der Waals surface area contributed by atoms with Gasteiger partial charge in [0.1, 0.15) is 10.7 Å². The highest BCUT2D eigenvalue weighted by Gasteiger charge is 2.12. The Morgan fingerprint density at radius 3 is 2.64 bits per heavy atom. The number of nitrogens with zero attached hydrogens (tertiary/aromatic N) is 1. The molecule has 22 heavy (non-hydrogen) atoms. The van der Waals surface area contributed by atoms with Crippen molar-refractivity contribution in [1.29, 1.82) is 0 Å². The second-order valence-electron chi connectivity index (χ2n) is 4.77. The van der Waals surface area contributed by atoms with Gasteiger partial charge in [0.15, 0.2) is 0 Å². The first-order chi connectivity index (χ1) is 10.6. The quantitative estimate of drug-likeness (QED) is 0.754. The molecule has 3 rings (SSSR count). The van der Waals surface area contributed by atoms with Gasteiger partial charge in [0.2, 0.25) is 0 Å². The van der Waals surface area contributed by atoms with Gasteiger partial charge in [-0.05, 0) is 36.1 Å². The van der Waals surface area contributed by atoms with Crippen molar-refractivity contribution in [1.82, 2.24) is 4.98 Å². The van der Waals surface area contributed by atoms with Crippen molar-refractivity contribution in [3.8, 4) is 9.88 Å². The van der Waals surface area contributed by atoms with Gasteiger partial charge in [-0.25, -0.2) is 4.98 Å². The fourth-order valence-corrected chi connectivity index (χ4v) is 3.55. The zero-order valence-electron chi connectivity index (χ0n) is 11.8. The Bertz CT molecular complexity index is 762. The Labute approximate surface area is 136 Å². The van der Waals surface area contributed by atoms with Crippen LogP contribution in [0.3, 0.4) is 0 Å². The van der Waals surface area contributed by atoms with Crippen LogP contribution < -0.4 is 5.32 Å². The zero-order valence-corrected chi connectivity index (χ0v) is 13.4. The van der Waals surface area contributed by atoms with E-state index in [-0.39, 0.29) is 5.91 Å². The number of aliphatic hydroxyl groups is 1. The van der Waals surface area contributed by atoms with Gasteiger partial charge in [-0.2, -0.15) is 0 Å². The number of nitrogens with one attached hydrogen (secondary N) is 1. The SMILES string of the molecule is C[C@@H](O)c1ccc(NC(=O)c2csc(-c3cccs3)n2)cc1. The van der Waals surface area contributed by atoms with E-state index >= 15 is 0 Å². The summed E-state index contributed by atoms with van der Waals surface area (Å²) in [5, 5.41) is 16.9. The third kappa shape index (κ3) is 3.24. The van der Waals surface area contributed by atoms with Crippen molar-refractivity contribution in [2.45, 2.75) is 13.0 Å². The molecule has 0 aliphatic heterocycles. The van der Waals surface area contributed by atoms with Gasteiger partial charge in [0.25, 0.3) is 5.91 Å². The number of carbonyl (C=O) groups excluding carboxylic acids is 1. The lowest BCUT2D eigenvalue weighted by atomic mass is 10.1. The molecule has 2 aromatic heterocycles. The lowest BCUT2D eigenvalue weighted by molar-refractivity contribution is 0.102. The molecule has 0 saturated heterocycles. The topological polar surface area (TPSA) is 62.2 Å². The molecule has 0 aliphatic carbocycles. The molecule has 0 saturated carbocycles. The third-order valence-electron chi connectivity index (χ3n) is 3.12. The lowest BCUT2D eigenvalue weighted by Gasteiger charge is -2.07. The van der Waals surface area contributed by atoms with Gasteiger partial charge in [0.05, 0.1) is 11.0 Å². The van der Waals surface area contributed by atoms with Crippen molar-refractivity contribution in [3.05, 3.63) is 58.4 Å². The minimum Gasteiger partial charge on any atom is -0.389 e. The number of benzene rings is 1. The molecule has 112 valence electrons. The maximum atomic E-state index is 12.2. The van der Waals surface area contributed by atoms with Crippen molar-refractivity contribution in [3.63, 3.8) is 0 Å². The van der Waals surface area contributed by atoms with E-state index in [4.69, 9.17) is 0 Å². The number of thiazole rings is 1. The van der Waals surface area contributed by atoms with Crippen LogP contribution in [0, 0.1) is 0 Å². The van der Waals surface area contributed by atoms with Gasteiger partial charge in [-0.15, -0.1) is 22.7 Å². The molecule has 1 atom stereocenters. The standard InChI is InChI=1S/C16H14N2O2S2/c1-10(19)11-4-6-12(7-5-11)17-15(20)13-9-22-16(18-13)14-3-2-8-21-14/h2-10,19H,1H3,(H,17,20)/t10-/m1/s1. The predicted molar refractivity (Wildman–Crippen MR) is 90.5 cm³/mol. The summed E-state index contributed by atoms with van der Waals surface area (Å²) in [5.41, 5.74) is 1.90. The van der Waals surface area contributed by atoms with Crippen LogP contribution in [-0.2, 0) is 0 Å². The molecule has 3 aromatic rings. The monoisotopic (exact) mass is 330 g/mol. The number of carbonyl (C=O) groups is 1. The number of hydrogen-bond acceptors (Lipinski definition) is 5. The predicted octanol–water partition coefficient (Wildman–Crippen LogP) is 4.18. The molecule has 0 aliphatic rings. The lowest BCUT2D eigenvalue weighted by Crippen LogP contribution is -2.12. The summed E-state index contributed by atoms with van der Waals surface area (Å²) in [7, 11) is 0. The summed E-state index contributed by atoms with van der Waals surface area (Å²) in [6.45, 7) is 1.70. The molecule has 0 spiro atoms. The Kier molecular flexibility index (Phi) is 4.33. The average Bonchev–Trinajstić information content (AvgIpc) is 3.19. The molecule has 1 aromatic carbocycles. The van der Waals surface area contributed by atoms with Crippen LogP contribution in [0.15, 0.2) is 47.2 Å². The Balaban J connectivity index is 1.72. The minimum absolute atomic E-state index is 0.233. The number of amides is 1. The largest absolute Gasteiger partial charge is 0.389 e. The summed E-state index contributed by atoms with van der Waals surface area (Å²) in [6.07, 6.45) is -0.517. The van der Waals surface area contributed by atoms with Crippen LogP contribution in [0.2, 0.25) is 0 Å². The number of aliphatic hydroxyl groups excluding tert-OH is 1. The maximum absolute atomic E-state index is 12.2. The summed E-state index contributed by atoms with van der Waals surface area (Å²) >= 11 is 3.06. The van der Waals surface area contributed by atoms with Gasteiger partial charge in [0, 0.05) is 11.1 Å². The van der Waals surface area contributed by atoms with Crippen LogP contribution in [-0.4, -0.2) is 16.0 Å². The van der Waals surface area contributed by atoms with Crippen LogP contribution in [0.25, 0.3) is 9.88 Å². The van der Waals surface area contributed by atoms with E-state index in [1.807, 2.05) is 17.5 Å². The molecule has 2 N–H and O–H groups in total. The van der Waals surface area contributed by atoms with Crippen LogP contribution >= 0.6 is 22.7 Å². The molecular weight excluding hydrogens is 316 g/mol. The second kappa shape index (κ2) is 6.39. The van der Waals surface area contributed by atoms with E-state index in [1.165, 1.54) is 11.3 Å². The van der Waals surface area contributed by atoms with Gasteiger partial charge in [-0.1, -0.05) is 18.2 Å². The third-order valence-corrected chi connectivity index (χ3v) is 5.00. The number of anilines is 1. The summed E-state index contributed by atoms with van der Waals surface area (Å²) in [6, 6.07) is 11.1. The highest BCUT2D eigenvalue weighted by atomic mass is 32.1. The Morgan fingerprint density at radius 2 is 2.00 bits per heavy atom. The highest BCUT2D eigenvalue weighted by molar-refractivity contribution is 7.20. The van der Waals surface area contributed by atoms with E-state index in [0.29, 0.717) is 11.4 Å². The van der Waals surface area contributed by atoms with Gasteiger partial charge < -0.3 is 10.4 Å². The summed E-state index contributed by atoms with van der Waals surface area (Å²) in [5.74, 6) is -0.233. The maximum Gasteiger partial charge on any atom is 0.275 e. The van der Waals surface area contributed by atoms with Crippen LogP contribution in [0.1, 0.15) is 29.1 Å². The second-order valence-corrected chi connectivity index (χ2v) is 6.57. The number of rotatable bonds is 4. The fourth-order valence-electron chi connectivity index (χ4n) is 1.93.